The van der Waals surface area contributed by atoms with E-state index in [1.54, 1.807) is 20.2 Å². The summed E-state index contributed by atoms with van der Waals surface area (Å²) in [7, 11) is 3.15. The molecule has 25 heavy (non-hydrogen) atoms. The second-order valence-corrected chi connectivity index (χ2v) is 6.45. The molecule has 0 unspecified atom stereocenters. The average Bonchev–Trinajstić information content (AvgIpc) is 2.98. The molecule has 0 fully saturated rings. The first kappa shape index (κ1) is 19.0. The molecule has 0 aliphatic heterocycles. The Kier molecular flexibility index (Phi) is 5.52. The third-order valence-electron chi connectivity index (χ3n) is 4.13. The number of benzene rings is 1. The van der Waals surface area contributed by atoms with Crippen LogP contribution in [-0.2, 0) is 6.54 Å². The number of amides is 1. The lowest BCUT2D eigenvalue weighted by Crippen LogP contribution is -2.27. The fourth-order valence-corrected chi connectivity index (χ4v) is 2.66. The van der Waals surface area contributed by atoms with Gasteiger partial charge in [-0.2, -0.15) is 5.10 Å². The third kappa shape index (κ3) is 3.54. The molecule has 2 aromatic rings. The van der Waals surface area contributed by atoms with Crippen LogP contribution < -0.4 is 4.74 Å². The predicted molar refractivity (Wildman–Crippen MR) is 96.7 cm³/mol. The monoisotopic (exact) mass is 363 g/mol. The number of nitrogens with zero attached hydrogens (tertiary/aromatic N) is 3. The molecule has 0 aliphatic carbocycles. The van der Waals surface area contributed by atoms with Crippen molar-refractivity contribution in [3.63, 3.8) is 0 Å². The fraction of sp³-hybridized carbons (Fsp3) is 0.389. The van der Waals surface area contributed by atoms with Crippen LogP contribution in [0.15, 0.2) is 12.3 Å². The molecule has 0 aliphatic rings. The number of hydrogen-bond donors (Lipinski definition) is 0. The van der Waals surface area contributed by atoms with Crippen LogP contribution in [-0.4, -0.2) is 40.7 Å². The van der Waals surface area contributed by atoms with Crippen LogP contribution in [0.3, 0.4) is 0 Å². The van der Waals surface area contributed by atoms with Crippen LogP contribution in [0.4, 0.5) is 4.79 Å². The topological polar surface area (TPSA) is 64.4 Å². The molecule has 1 aromatic carbocycles. The van der Waals surface area contributed by atoms with Crippen molar-refractivity contribution >= 4 is 23.5 Å². The van der Waals surface area contributed by atoms with Crippen LogP contribution in [0.2, 0.25) is 5.02 Å². The van der Waals surface area contributed by atoms with Crippen LogP contribution in [0.5, 0.6) is 5.88 Å². The summed E-state index contributed by atoms with van der Waals surface area (Å²) in [5.41, 5.74) is 3.26. The number of ether oxygens (including phenoxy) is 1. The highest BCUT2D eigenvalue weighted by Gasteiger charge is 2.25. The van der Waals surface area contributed by atoms with Gasteiger partial charge in [-0.1, -0.05) is 11.6 Å². The van der Waals surface area contributed by atoms with Gasteiger partial charge in [0, 0.05) is 31.2 Å². The van der Waals surface area contributed by atoms with Crippen LogP contribution in [0.25, 0.3) is 0 Å². The minimum atomic E-state index is -0.565. The quantitative estimate of drug-likeness (QED) is 0.775. The first-order valence-corrected chi connectivity index (χ1v) is 8.32. The van der Waals surface area contributed by atoms with Gasteiger partial charge < -0.3 is 9.64 Å². The molecule has 0 saturated carbocycles. The molecule has 134 valence electrons. The molecule has 0 radical (unpaired) electrons. The highest BCUT2D eigenvalue weighted by atomic mass is 35.5. The molecule has 2 rings (SSSR count). The van der Waals surface area contributed by atoms with Crippen molar-refractivity contribution in [1.29, 1.82) is 0 Å². The Morgan fingerprint density at radius 3 is 2.40 bits per heavy atom. The highest BCUT2D eigenvalue weighted by Crippen LogP contribution is 2.30. The molecule has 0 bridgehead atoms. The standard InChI is InChI=1S/C18H22ClN3O3/c1-7-22-17(25-18(24)21(5)6)14(9-20-22)16(23)13-8-10(2)15(19)12(4)11(13)3/h8-9H,7H2,1-6H3. The number of halogens is 1. The second-order valence-electron chi connectivity index (χ2n) is 6.08. The van der Waals surface area contributed by atoms with E-state index in [1.165, 1.54) is 15.8 Å². The zero-order chi connectivity index (χ0) is 18.9. The van der Waals surface area contributed by atoms with E-state index < -0.39 is 6.09 Å². The van der Waals surface area contributed by atoms with Gasteiger partial charge >= 0.3 is 6.09 Å². The van der Waals surface area contributed by atoms with E-state index in [9.17, 15) is 9.59 Å². The van der Waals surface area contributed by atoms with Crippen LogP contribution in [0, 0.1) is 20.8 Å². The van der Waals surface area contributed by atoms with Crippen molar-refractivity contribution in [2.24, 2.45) is 0 Å². The number of aromatic nitrogens is 2. The number of carbonyl (C=O) groups excluding carboxylic acids is 2. The minimum absolute atomic E-state index is 0.149. The normalized spacial score (nSPS) is 10.7. The van der Waals surface area contributed by atoms with Gasteiger partial charge in [0.25, 0.3) is 0 Å². The molecule has 0 atom stereocenters. The van der Waals surface area contributed by atoms with E-state index >= 15 is 0 Å². The summed E-state index contributed by atoms with van der Waals surface area (Å²) in [6, 6.07) is 1.76. The number of ketones is 1. The number of rotatable bonds is 4. The number of carbonyl (C=O) groups is 2. The maximum Gasteiger partial charge on any atom is 0.416 e. The van der Waals surface area contributed by atoms with Crippen molar-refractivity contribution in [3.05, 3.63) is 45.1 Å². The molecule has 1 amide bonds. The Bertz CT molecular complexity index is 841. The molecule has 1 heterocycles. The van der Waals surface area contributed by atoms with Gasteiger partial charge in [0.05, 0.1) is 6.20 Å². The lowest BCUT2D eigenvalue weighted by Gasteiger charge is -2.14. The molecular formula is C18H22ClN3O3. The van der Waals surface area contributed by atoms with Gasteiger partial charge in [-0.25, -0.2) is 9.48 Å². The SMILES string of the molecule is CCn1ncc(C(=O)c2cc(C)c(Cl)c(C)c2C)c1OC(=O)N(C)C. The molecular weight excluding hydrogens is 342 g/mol. The molecule has 0 spiro atoms. The van der Waals surface area contributed by atoms with Crippen molar-refractivity contribution in [1.82, 2.24) is 14.7 Å². The lowest BCUT2D eigenvalue weighted by atomic mass is 9.95. The maximum absolute atomic E-state index is 13.1. The Morgan fingerprint density at radius 2 is 1.84 bits per heavy atom. The summed E-state index contributed by atoms with van der Waals surface area (Å²) >= 11 is 6.26. The van der Waals surface area contributed by atoms with Crippen molar-refractivity contribution in [3.8, 4) is 5.88 Å². The fourth-order valence-electron chi connectivity index (χ4n) is 2.47. The first-order valence-electron chi connectivity index (χ1n) is 7.94. The van der Waals surface area contributed by atoms with Crippen molar-refractivity contribution in [2.45, 2.75) is 34.2 Å². The zero-order valence-electron chi connectivity index (χ0n) is 15.3. The summed E-state index contributed by atoms with van der Waals surface area (Å²) in [6.07, 6.45) is 0.868. The summed E-state index contributed by atoms with van der Waals surface area (Å²) in [6.45, 7) is 7.92. The lowest BCUT2D eigenvalue weighted by molar-refractivity contribution is 0.103. The van der Waals surface area contributed by atoms with E-state index in [-0.39, 0.29) is 17.2 Å². The molecule has 0 N–H and O–H groups in total. The van der Waals surface area contributed by atoms with Crippen molar-refractivity contribution < 1.29 is 14.3 Å². The van der Waals surface area contributed by atoms with Gasteiger partial charge in [0.15, 0.2) is 5.78 Å². The van der Waals surface area contributed by atoms with Gasteiger partial charge in [-0.3, -0.25) is 4.79 Å². The molecule has 1 aromatic heterocycles. The van der Waals surface area contributed by atoms with E-state index in [2.05, 4.69) is 5.10 Å². The predicted octanol–water partition coefficient (Wildman–Crippen LogP) is 3.77. The van der Waals surface area contributed by atoms with Gasteiger partial charge in [0.2, 0.25) is 5.88 Å². The highest BCUT2D eigenvalue weighted by molar-refractivity contribution is 6.32. The van der Waals surface area contributed by atoms with Crippen LogP contribution >= 0.6 is 11.6 Å². The summed E-state index contributed by atoms with van der Waals surface area (Å²) < 4.78 is 6.86. The van der Waals surface area contributed by atoms with Gasteiger partial charge in [-0.15, -0.1) is 0 Å². The Labute approximate surface area is 152 Å². The summed E-state index contributed by atoms with van der Waals surface area (Å²) in [4.78, 5) is 26.3. The summed E-state index contributed by atoms with van der Waals surface area (Å²) in [5.74, 6) is -0.0996. The van der Waals surface area contributed by atoms with Crippen LogP contribution in [0.1, 0.15) is 39.5 Å². The smallest absolute Gasteiger partial charge is 0.391 e. The van der Waals surface area contributed by atoms with E-state index in [1.807, 2.05) is 27.7 Å². The van der Waals surface area contributed by atoms with Gasteiger partial charge in [0.1, 0.15) is 5.56 Å². The molecule has 6 nitrogen and oxygen atoms in total. The summed E-state index contributed by atoms with van der Waals surface area (Å²) in [5, 5.41) is 4.81. The Morgan fingerprint density at radius 1 is 1.20 bits per heavy atom. The number of aryl methyl sites for hydroxylation is 2. The first-order chi connectivity index (χ1) is 11.7. The Hall–Kier alpha value is -2.34. The average molecular weight is 364 g/mol. The number of hydrogen-bond acceptors (Lipinski definition) is 4. The zero-order valence-corrected chi connectivity index (χ0v) is 16.1. The van der Waals surface area contributed by atoms with E-state index in [4.69, 9.17) is 16.3 Å². The maximum atomic E-state index is 13.1. The third-order valence-corrected chi connectivity index (χ3v) is 4.71. The van der Waals surface area contributed by atoms with Crippen molar-refractivity contribution in [2.75, 3.05) is 14.1 Å². The molecule has 7 heteroatoms. The second kappa shape index (κ2) is 7.27. The largest absolute Gasteiger partial charge is 0.416 e. The minimum Gasteiger partial charge on any atom is -0.391 e. The van der Waals surface area contributed by atoms with E-state index in [0.29, 0.717) is 17.1 Å². The molecule has 0 saturated heterocycles. The Balaban J connectivity index is 2.54. The van der Waals surface area contributed by atoms with E-state index in [0.717, 1.165) is 16.7 Å². The van der Waals surface area contributed by atoms with Gasteiger partial charge in [-0.05, 0) is 50.5 Å².